The molecule has 0 saturated heterocycles. The van der Waals surface area contributed by atoms with Gasteiger partial charge in [0, 0.05) is 51.7 Å². The Morgan fingerprint density at radius 2 is 1.61 bits per heavy atom. The van der Waals surface area contributed by atoms with Crippen LogP contribution in [0.5, 0.6) is 0 Å². The van der Waals surface area contributed by atoms with E-state index in [0.717, 1.165) is 36.1 Å². The molecule has 2 amide bonds. The molecule has 1 aliphatic carbocycles. The molecule has 200 valence electrons. The average Bonchev–Trinajstić information content (AvgIpc) is 3.42. The third-order valence-electron chi connectivity index (χ3n) is 6.97. The first-order valence-electron chi connectivity index (χ1n) is 13.2. The van der Waals surface area contributed by atoms with Gasteiger partial charge < -0.3 is 10.2 Å². The molecular formula is C31H34Cl2N2O2S. The number of hydrogen-bond acceptors (Lipinski definition) is 3. The van der Waals surface area contributed by atoms with Crippen molar-refractivity contribution in [3.8, 4) is 0 Å². The lowest BCUT2D eigenvalue weighted by atomic mass is 10.0. The Hall–Kier alpha value is -2.47. The fraction of sp³-hybridized carbons (Fsp3) is 0.355. The molecule has 1 aliphatic rings. The van der Waals surface area contributed by atoms with Gasteiger partial charge in [-0.25, -0.2) is 0 Å². The van der Waals surface area contributed by atoms with E-state index in [-0.39, 0.29) is 24.4 Å². The van der Waals surface area contributed by atoms with Crippen molar-refractivity contribution in [2.45, 2.75) is 69.0 Å². The number of carbonyl (C=O) groups is 2. The number of thioether (sulfide) groups is 1. The zero-order valence-corrected chi connectivity index (χ0v) is 24.0. The van der Waals surface area contributed by atoms with Gasteiger partial charge in [0.2, 0.25) is 11.8 Å². The van der Waals surface area contributed by atoms with E-state index in [1.54, 1.807) is 34.9 Å². The molecule has 0 heterocycles. The van der Waals surface area contributed by atoms with Gasteiger partial charge >= 0.3 is 0 Å². The molecule has 38 heavy (non-hydrogen) atoms. The Bertz CT molecular complexity index is 1190. The SMILES string of the molecule is Cc1ccc(SCCC(=O)N(Cc2c(Cl)cccc2Cl)C(Cc2ccccc2)C(=O)NC2CCCC2)cc1. The molecule has 1 unspecified atom stereocenters. The summed E-state index contributed by atoms with van der Waals surface area (Å²) in [5, 5.41) is 4.20. The van der Waals surface area contributed by atoms with E-state index < -0.39 is 6.04 Å². The second kappa shape index (κ2) is 14.1. The molecule has 4 rings (SSSR count). The Balaban J connectivity index is 1.59. The van der Waals surface area contributed by atoms with Gasteiger partial charge in [-0.15, -0.1) is 11.8 Å². The van der Waals surface area contributed by atoms with Crippen LogP contribution in [0.3, 0.4) is 0 Å². The maximum Gasteiger partial charge on any atom is 0.243 e. The third kappa shape index (κ3) is 8.02. The zero-order valence-electron chi connectivity index (χ0n) is 21.7. The monoisotopic (exact) mass is 568 g/mol. The van der Waals surface area contributed by atoms with Crippen LogP contribution in [0.2, 0.25) is 10.0 Å². The van der Waals surface area contributed by atoms with E-state index >= 15 is 0 Å². The van der Waals surface area contributed by atoms with E-state index in [1.807, 2.05) is 30.3 Å². The summed E-state index contributed by atoms with van der Waals surface area (Å²) in [5.41, 5.74) is 2.85. The lowest BCUT2D eigenvalue weighted by Crippen LogP contribution is -2.52. The minimum atomic E-state index is -0.679. The zero-order chi connectivity index (χ0) is 26.9. The van der Waals surface area contributed by atoms with Gasteiger partial charge in [0.05, 0.1) is 0 Å². The van der Waals surface area contributed by atoms with E-state index in [4.69, 9.17) is 23.2 Å². The Morgan fingerprint density at radius 1 is 0.947 bits per heavy atom. The van der Waals surface area contributed by atoms with Crippen LogP contribution >= 0.6 is 35.0 Å². The number of hydrogen-bond donors (Lipinski definition) is 1. The molecule has 0 aliphatic heterocycles. The Labute approximate surface area is 240 Å². The van der Waals surface area contributed by atoms with Crippen LogP contribution in [0.25, 0.3) is 0 Å². The standard InChI is InChI=1S/C31H34Cl2N2O2S/c1-22-14-16-25(17-15-22)38-19-18-30(36)35(21-26-27(32)12-7-13-28(26)33)29(20-23-8-3-2-4-9-23)31(37)34-24-10-5-6-11-24/h2-4,7-9,12-17,24,29H,5-6,10-11,18-21H2,1H3,(H,34,37). The maximum atomic E-state index is 13.8. The molecule has 3 aromatic rings. The van der Waals surface area contributed by atoms with Crippen molar-refractivity contribution in [2.75, 3.05) is 5.75 Å². The van der Waals surface area contributed by atoms with Gasteiger partial charge in [-0.05, 0) is 49.6 Å². The van der Waals surface area contributed by atoms with Crippen molar-refractivity contribution >= 4 is 46.8 Å². The van der Waals surface area contributed by atoms with Gasteiger partial charge in [-0.2, -0.15) is 0 Å². The predicted molar refractivity (Wildman–Crippen MR) is 158 cm³/mol. The number of carbonyl (C=O) groups excluding carboxylic acids is 2. The molecule has 1 fully saturated rings. The second-order valence-electron chi connectivity index (χ2n) is 9.83. The summed E-state index contributed by atoms with van der Waals surface area (Å²) in [6.07, 6.45) is 4.88. The molecule has 1 atom stereocenters. The summed E-state index contributed by atoms with van der Waals surface area (Å²) in [7, 11) is 0. The van der Waals surface area contributed by atoms with E-state index in [2.05, 4.69) is 36.5 Å². The summed E-state index contributed by atoms with van der Waals surface area (Å²) in [6.45, 7) is 2.22. The molecule has 0 spiro atoms. The van der Waals surface area contributed by atoms with Crippen LogP contribution in [-0.2, 0) is 22.6 Å². The normalized spacial score (nSPS) is 14.3. The van der Waals surface area contributed by atoms with Crippen LogP contribution in [0.15, 0.2) is 77.7 Å². The minimum absolute atomic E-state index is 0.0944. The van der Waals surface area contributed by atoms with Gasteiger partial charge in [0.25, 0.3) is 0 Å². The van der Waals surface area contributed by atoms with Gasteiger partial charge in [-0.3, -0.25) is 9.59 Å². The largest absolute Gasteiger partial charge is 0.352 e. The predicted octanol–water partition coefficient (Wildman–Crippen LogP) is 7.48. The van der Waals surface area contributed by atoms with E-state index in [9.17, 15) is 9.59 Å². The first-order chi connectivity index (χ1) is 18.4. The number of aryl methyl sites for hydroxylation is 1. The van der Waals surface area contributed by atoms with Crippen molar-refractivity contribution in [2.24, 2.45) is 0 Å². The molecule has 3 aromatic carbocycles. The molecular weight excluding hydrogens is 535 g/mol. The number of rotatable bonds is 11. The van der Waals surface area contributed by atoms with Crippen LogP contribution in [-0.4, -0.2) is 34.6 Å². The fourth-order valence-electron chi connectivity index (χ4n) is 4.81. The highest BCUT2D eigenvalue weighted by Gasteiger charge is 2.32. The van der Waals surface area contributed by atoms with Crippen molar-refractivity contribution < 1.29 is 9.59 Å². The van der Waals surface area contributed by atoms with Crippen molar-refractivity contribution in [3.63, 3.8) is 0 Å². The fourth-order valence-corrected chi connectivity index (χ4v) is 6.17. The lowest BCUT2D eigenvalue weighted by Gasteiger charge is -2.33. The first kappa shape index (κ1) is 28.5. The Kier molecular flexibility index (Phi) is 10.6. The maximum absolute atomic E-state index is 13.8. The number of halogens is 2. The summed E-state index contributed by atoms with van der Waals surface area (Å²) in [5.74, 6) is 0.392. The smallest absolute Gasteiger partial charge is 0.243 e. The van der Waals surface area contributed by atoms with Crippen LogP contribution in [0.4, 0.5) is 0 Å². The molecule has 1 N–H and O–H groups in total. The van der Waals surface area contributed by atoms with E-state index in [0.29, 0.717) is 34.2 Å². The quantitative estimate of drug-likeness (QED) is 0.244. The second-order valence-corrected chi connectivity index (χ2v) is 11.8. The highest BCUT2D eigenvalue weighted by molar-refractivity contribution is 7.99. The highest BCUT2D eigenvalue weighted by atomic mass is 35.5. The van der Waals surface area contributed by atoms with Crippen LogP contribution in [0, 0.1) is 6.92 Å². The topological polar surface area (TPSA) is 49.4 Å². The lowest BCUT2D eigenvalue weighted by molar-refractivity contribution is -0.141. The minimum Gasteiger partial charge on any atom is -0.352 e. The summed E-state index contributed by atoms with van der Waals surface area (Å²) < 4.78 is 0. The molecule has 0 radical (unpaired) electrons. The molecule has 1 saturated carbocycles. The highest BCUT2D eigenvalue weighted by Crippen LogP contribution is 2.28. The van der Waals surface area contributed by atoms with Crippen LogP contribution < -0.4 is 5.32 Å². The summed E-state index contributed by atoms with van der Waals surface area (Å²) >= 11 is 14.7. The van der Waals surface area contributed by atoms with Crippen molar-refractivity contribution in [1.82, 2.24) is 10.2 Å². The third-order valence-corrected chi connectivity index (χ3v) is 8.69. The molecule has 0 aromatic heterocycles. The van der Waals surface area contributed by atoms with Crippen molar-refractivity contribution in [1.29, 1.82) is 0 Å². The van der Waals surface area contributed by atoms with Gasteiger partial charge in [0.1, 0.15) is 6.04 Å². The number of benzene rings is 3. The molecule has 0 bridgehead atoms. The van der Waals surface area contributed by atoms with E-state index in [1.165, 1.54) is 5.56 Å². The van der Waals surface area contributed by atoms with Crippen molar-refractivity contribution in [3.05, 3.63) is 99.5 Å². The molecule has 4 nitrogen and oxygen atoms in total. The summed E-state index contributed by atoms with van der Waals surface area (Å²) in [6, 6.07) is 22.9. The average molecular weight is 570 g/mol. The van der Waals surface area contributed by atoms with Crippen LogP contribution in [0.1, 0.15) is 48.8 Å². The number of nitrogens with zero attached hydrogens (tertiary/aromatic N) is 1. The number of amides is 2. The van der Waals surface area contributed by atoms with Gasteiger partial charge in [0.15, 0.2) is 0 Å². The Morgan fingerprint density at radius 3 is 2.26 bits per heavy atom. The first-order valence-corrected chi connectivity index (χ1v) is 14.9. The van der Waals surface area contributed by atoms with Gasteiger partial charge in [-0.1, -0.05) is 90.1 Å². The summed E-state index contributed by atoms with van der Waals surface area (Å²) in [4.78, 5) is 30.4. The number of nitrogens with one attached hydrogen (secondary N) is 1. The molecule has 7 heteroatoms.